The van der Waals surface area contributed by atoms with E-state index < -0.39 is 24.6 Å². The topological polar surface area (TPSA) is 116 Å². The van der Waals surface area contributed by atoms with E-state index in [2.05, 4.69) is 5.32 Å². The van der Waals surface area contributed by atoms with Crippen LogP contribution in [0.1, 0.15) is 19.4 Å². The molecule has 0 saturated heterocycles. The van der Waals surface area contributed by atoms with Gasteiger partial charge in [-0.05, 0) is 31.9 Å². The molecule has 10 heteroatoms. The number of hydrogen-bond acceptors (Lipinski definition) is 7. The molecule has 7 nitrogen and oxygen atoms in total. The second-order valence-electron chi connectivity index (χ2n) is 5.43. The predicted octanol–water partition coefficient (Wildman–Crippen LogP) is 0.110. The van der Waals surface area contributed by atoms with E-state index >= 15 is 0 Å². The Balaban J connectivity index is 2.16. The Bertz CT molecular complexity index is 754. The van der Waals surface area contributed by atoms with E-state index in [1.54, 1.807) is 6.92 Å². The van der Waals surface area contributed by atoms with Crippen LogP contribution < -0.4 is 10.5 Å². The van der Waals surface area contributed by atoms with Gasteiger partial charge in [0.05, 0.1) is 11.4 Å². The quantitative estimate of drug-likeness (QED) is 0.660. The SMILES string of the molecule is CCOCCNCC1(C)Cc2cc(S(N)(=O)=O)sc2S1(=O)=O. The van der Waals surface area contributed by atoms with Gasteiger partial charge in [0.1, 0.15) is 8.42 Å². The van der Waals surface area contributed by atoms with Crippen molar-refractivity contribution < 1.29 is 21.6 Å². The van der Waals surface area contributed by atoms with Crippen LogP contribution in [0, 0.1) is 0 Å². The van der Waals surface area contributed by atoms with Gasteiger partial charge in [0.25, 0.3) is 0 Å². The Labute approximate surface area is 134 Å². The van der Waals surface area contributed by atoms with E-state index in [1.807, 2.05) is 6.92 Å². The number of hydrogen-bond donors (Lipinski definition) is 2. The van der Waals surface area contributed by atoms with Gasteiger partial charge in [-0.1, -0.05) is 0 Å². The van der Waals surface area contributed by atoms with Crippen molar-refractivity contribution in [3.8, 4) is 0 Å². The van der Waals surface area contributed by atoms with E-state index in [4.69, 9.17) is 9.88 Å². The van der Waals surface area contributed by atoms with Crippen molar-refractivity contribution in [1.29, 1.82) is 0 Å². The summed E-state index contributed by atoms with van der Waals surface area (Å²) in [7, 11) is -7.46. The third-order valence-electron chi connectivity index (χ3n) is 3.61. The van der Waals surface area contributed by atoms with Gasteiger partial charge in [0, 0.05) is 19.7 Å². The fourth-order valence-corrected chi connectivity index (χ4v) is 7.10. The van der Waals surface area contributed by atoms with Crippen LogP contribution in [0.2, 0.25) is 0 Å². The van der Waals surface area contributed by atoms with Crippen LogP contribution in [0.3, 0.4) is 0 Å². The maximum absolute atomic E-state index is 12.7. The molecule has 1 aliphatic rings. The van der Waals surface area contributed by atoms with E-state index in [1.165, 1.54) is 6.07 Å². The summed E-state index contributed by atoms with van der Waals surface area (Å²) >= 11 is 0.732. The lowest BCUT2D eigenvalue weighted by Crippen LogP contribution is -2.44. The Morgan fingerprint density at radius 2 is 2.18 bits per heavy atom. The van der Waals surface area contributed by atoms with Gasteiger partial charge in [-0.3, -0.25) is 0 Å². The molecule has 126 valence electrons. The van der Waals surface area contributed by atoms with Gasteiger partial charge in [-0.25, -0.2) is 22.0 Å². The van der Waals surface area contributed by atoms with Crippen LogP contribution in [0.25, 0.3) is 0 Å². The third-order valence-corrected chi connectivity index (χ3v) is 9.25. The second-order valence-corrected chi connectivity index (χ2v) is 10.9. The highest BCUT2D eigenvalue weighted by Gasteiger charge is 2.49. The largest absolute Gasteiger partial charge is 0.380 e. The molecule has 0 radical (unpaired) electrons. The zero-order chi connectivity index (χ0) is 16.6. The van der Waals surface area contributed by atoms with Crippen LogP contribution >= 0.6 is 11.3 Å². The molecular weight excluding hydrogens is 348 g/mol. The Morgan fingerprint density at radius 1 is 1.50 bits per heavy atom. The molecular formula is C12H20N2O5S3. The molecule has 0 aromatic carbocycles. The first-order chi connectivity index (χ1) is 10.1. The van der Waals surface area contributed by atoms with Crippen molar-refractivity contribution >= 4 is 31.2 Å². The minimum absolute atomic E-state index is 0.104. The maximum atomic E-state index is 12.7. The second kappa shape index (κ2) is 6.17. The number of ether oxygens (including phenoxy) is 1. The Morgan fingerprint density at radius 3 is 2.73 bits per heavy atom. The van der Waals surface area contributed by atoms with E-state index in [0.717, 1.165) is 11.3 Å². The minimum atomic E-state index is -3.87. The number of primary sulfonamides is 1. The monoisotopic (exact) mass is 368 g/mol. The number of rotatable bonds is 7. The summed E-state index contributed by atoms with van der Waals surface area (Å²) in [4.78, 5) is 0. The lowest BCUT2D eigenvalue weighted by atomic mass is 10.0. The van der Waals surface area contributed by atoms with Crippen molar-refractivity contribution in [2.24, 2.45) is 5.14 Å². The fourth-order valence-electron chi connectivity index (χ4n) is 2.40. The predicted molar refractivity (Wildman–Crippen MR) is 84.3 cm³/mol. The zero-order valence-corrected chi connectivity index (χ0v) is 14.9. The first kappa shape index (κ1) is 17.8. The molecule has 2 rings (SSSR count). The zero-order valence-electron chi connectivity index (χ0n) is 12.5. The summed E-state index contributed by atoms with van der Waals surface area (Å²) in [6, 6.07) is 1.37. The van der Waals surface area contributed by atoms with Gasteiger partial charge in [-0.2, -0.15) is 0 Å². The highest BCUT2D eigenvalue weighted by molar-refractivity contribution is 7.96. The smallest absolute Gasteiger partial charge is 0.247 e. The standard InChI is InChI=1S/C12H20N2O5S3/c1-3-19-5-4-14-8-12(2)7-9-6-10(22(13,17)18)20-11(9)21(12,15)16/h6,14H,3-5,7-8H2,1-2H3,(H2,13,17,18). The number of nitrogens with two attached hydrogens (primary N) is 1. The molecule has 0 saturated carbocycles. The van der Waals surface area contributed by atoms with E-state index in [9.17, 15) is 16.8 Å². The number of sulfone groups is 1. The average molecular weight is 369 g/mol. The Kier molecular flexibility index (Phi) is 5.00. The van der Waals surface area contributed by atoms with Crippen LogP contribution in [-0.2, 0) is 31.0 Å². The summed E-state index contributed by atoms with van der Waals surface area (Å²) in [5.41, 5.74) is 0.531. The summed E-state index contributed by atoms with van der Waals surface area (Å²) < 4.78 is 52.3. The van der Waals surface area contributed by atoms with Crippen LogP contribution in [-0.4, -0.2) is 47.9 Å². The maximum Gasteiger partial charge on any atom is 0.247 e. The van der Waals surface area contributed by atoms with Gasteiger partial charge >= 0.3 is 0 Å². The molecule has 2 heterocycles. The van der Waals surface area contributed by atoms with Crippen molar-refractivity contribution in [3.05, 3.63) is 11.6 Å². The lowest BCUT2D eigenvalue weighted by Gasteiger charge is -2.23. The molecule has 0 fully saturated rings. The van der Waals surface area contributed by atoms with E-state index in [0.29, 0.717) is 25.3 Å². The fraction of sp³-hybridized carbons (Fsp3) is 0.667. The number of sulfonamides is 1. The molecule has 1 aliphatic heterocycles. The minimum Gasteiger partial charge on any atom is -0.380 e. The van der Waals surface area contributed by atoms with Gasteiger partial charge in [-0.15, -0.1) is 11.3 Å². The molecule has 0 aliphatic carbocycles. The first-order valence-electron chi connectivity index (χ1n) is 6.80. The number of thiophene rings is 1. The Hall–Kier alpha value is -0.520. The number of nitrogens with one attached hydrogen (secondary N) is 1. The van der Waals surface area contributed by atoms with Gasteiger partial charge < -0.3 is 10.1 Å². The molecule has 3 N–H and O–H groups in total. The highest BCUT2D eigenvalue weighted by Crippen LogP contribution is 2.44. The molecule has 0 amide bonds. The number of fused-ring (bicyclic) bond motifs is 1. The molecule has 1 aromatic rings. The molecule has 1 unspecified atom stereocenters. The van der Waals surface area contributed by atoms with Crippen LogP contribution in [0.15, 0.2) is 14.5 Å². The summed E-state index contributed by atoms with van der Waals surface area (Å²) in [5.74, 6) is 0. The molecule has 1 aromatic heterocycles. The van der Waals surface area contributed by atoms with Crippen molar-refractivity contribution in [3.63, 3.8) is 0 Å². The normalized spacial score (nSPS) is 23.6. The summed E-state index contributed by atoms with van der Waals surface area (Å²) in [5, 5.41) is 8.15. The lowest BCUT2D eigenvalue weighted by molar-refractivity contribution is 0.149. The van der Waals surface area contributed by atoms with Crippen LogP contribution in [0.5, 0.6) is 0 Å². The van der Waals surface area contributed by atoms with Crippen molar-refractivity contribution in [2.45, 2.75) is 33.4 Å². The first-order valence-corrected chi connectivity index (χ1v) is 10.6. The molecule has 0 spiro atoms. The highest BCUT2D eigenvalue weighted by atomic mass is 32.3. The third kappa shape index (κ3) is 3.22. The van der Waals surface area contributed by atoms with Gasteiger partial charge in [0.2, 0.25) is 10.0 Å². The van der Waals surface area contributed by atoms with E-state index in [-0.39, 0.29) is 21.4 Å². The molecule has 0 bridgehead atoms. The summed E-state index contributed by atoms with van der Waals surface area (Å²) in [6.07, 6.45) is 0.276. The van der Waals surface area contributed by atoms with Crippen LogP contribution in [0.4, 0.5) is 0 Å². The summed E-state index contributed by atoms with van der Waals surface area (Å²) in [6.45, 7) is 5.54. The van der Waals surface area contributed by atoms with Crippen molar-refractivity contribution in [2.75, 3.05) is 26.3 Å². The average Bonchev–Trinajstić information content (AvgIpc) is 2.88. The molecule has 22 heavy (non-hydrogen) atoms. The molecule has 1 atom stereocenters. The van der Waals surface area contributed by atoms with Gasteiger partial charge in [0.15, 0.2) is 9.84 Å². The van der Waals surface area contributed by atoms with Crippen molar-refractivity contribution in [1.82, 2.24) is 5.32 Å².